The van der Waals surface area contributed by atoms with Crippen LogP contribution in [0.3, 0.4) is 0 Å². The molecule has 3 aromatic rings. The number of nitrogens with two attached hydrogens (primary N) is 1. The first kappa shape index (κ1) is 12.6. The van der Waals surface area contributed by atoms with Crippen LogP contribution in [-0.2, 0) is 0 Å². The number of aromatic nitrogens is 2. The lowest BCUT2D eigenvalue weighted by Crippen LogP contribution is -1.87. The summed E-state index contributed by atoms with van der Waals surface area (Å²) in [4.78, 5) is 8.79. The van der Waals surface area contributed by atoms with Gasteiger partial charge in [-0.25, -0.2) is 9.37 Å². The number of fused-ring (bicyclic) bond motifs is 1. The number of benzene rings is 1. The van der Waals surface area contributed by atoms with Crippen molar-refractivity contribution >= 4 is 43.3 Å². The lowest BCUT2D eigenvalue weighted by molar-refractivity contribution is 0.623. The van der Waals surface area contributed by atoms with Crippen molar-refractivity contribution in [2.24, 2.45) is 0 Å². The predicted octanol–water partition coefficient (Wildman–Crippen LogP) is 4.39. The van der Waals surface area contributed by atoms with E-state index in [0.717, 1.165) is 16.1 Å². The van der Waals surface area contributed by atoms with E-state index in [4.69, 9.17) is 5.73 Å². The predicted molar refractivity (Wildman–Crippen MR) is 81.0 cm³/mol. The number of anilines is 1. The van der Waals surface area contributed by atoms with Gasteiger partial charge < -0.3 is 10.7 Å². The molecule has 0 saturated carbocycles. The monoisotopic (exact) mass is 339 g/mol. The minimum absolute atomic E-state index is 0.311. The number of imidazole rings is 1. The van der Waals surface area contributed by atoms with Gasteiger partial charge in [0.15, 0.2) is 0 Å². The Morgan fingerprint density at radius 3 is 2.74 bits per heavy atom. The molecule has 2 aromatic heterocycles. The zero-order valence-corrected chi connectivity index (χ0v) is 12.7. The number of nitrogens with zero attached hydrogens (tertiary/aromatic N) is 1. The van der Waals surface area contributed by atoms with E-state index in [9.17, 15) is 4.39 Å². The zero-order valence-electron chi connectivity index (χ0n) is 10.3. The molecule has 0 atom stereocenters. The van der Waals surface area contributed by atoms with Gasteiger partial charge in [0.2, 0.25) is 0 Å². The number of halogens is 2. The van der Waals surface area contributed by atoms with Crippen molar-refractivity contribution in [1.82, 2.24) is 9.97 Å². The van der Waals surface area contributed by atoms with Crippen molar-refractivity contribution in [1.29, 1.82) is 0 Å². The number of H-pyrrole nitrogens is 1. The number of thiophene rings is 1. The molecule has 19 heavy (non-hydrogen) atoms. The van der Waals surface area contributed by atoms with E-state index in [1.807, 2.05) is 13.8 Å². The van der Waals surface area contributed by atoms with E-state index in [-0.39, 0.29) is 5.82 Å². The van der Waals surface area contributed by atoms with Gasteiger partial charge in [0.25, 0.3) is 0 Å². The van der Waals surface area contributed by atoms with Crippen LogP contribution in [0.1, 0.15) is 10.4 Å². The fourth-order valence-corrected chi connectivity index (χ4v) is 3.34. The van der Waals surface area contributed by atoms with Crippen LogP contribution in [0.25, 0.3) is 22.4 Å². The van der Waals surface area contributed by atoms with Crippen molar-refractivity contribution in [3.8, 4) is 11.4 Å². The Kier molecular flexibility index (Phi) is 2.87. The first-order chi connectivity index (χ1) is 8.97. The van der Waals surface area contributed by atoms with E-state index in [1.54, 1.807) is 17.4 Å². The summed E-state index contributed by atoms with van der Waals surface area (Å²) in [6, 6.07) is 3.09. The highest BCUT2D eigenvalue weighted by atomic mass is 79.9. The van der Waals surface area contributed by atoms with Crippen LogP contribution in [-0.4, -0.2) is 9.97 Å². The van der Waals surface area contributed by atoms with E-state index in [1.165, 1.54) is 10.9 Å². The number of aryl methyl sites for hydroxylation is 1. The van der Waals surface area contributed by atoms with Crippen LogP contribution < -0.4 is 5.73 Å². The normalized spacial score (nSPS) is 11.4. The highest BCUT2D eigenvalue weighted by Gasteiger charge is 2.16. The van der Waals surface area contributed by atoms with Gasteiger partial charge in [-0.2, -0.15) is 0 Å². The Morgan fingerprint density at radius 1 is 1.37 bits per heavy atom. The molecule has 98 valence electrons. The first-order valence-electron chi connectivity index (χ1n) is 5.68. The van der Waals surface area contributed by atoms with Gasteiger partial charge in [-0.05, 0) is 41.4 Å². The summed E-state index contributed by atoms with van der Waals surface area (Å²) in [7, 11) is 0. The molecule has 0 fully saturated rings. The minimum Gasteiger partial charge on any atom is -0.390 e. The molecule has 0 aliphatic carbocycles. The lowest BCUT2D eigenvalue weighted by atomic mass is 10.1. The topological polar surface area (TPSA) is 54.7 Å². The van der Waals surface area contributed by atoms with Crippen LogP contribution in [0, 0.1) is 19.7 Å². The average molecular weight is 340 g/mol. The molecule has 0 saturated heterocycles. The number of nitrogen functional groups attached to an aromatic ring is 1. The molecule has 0 bridgehead atoms. The Bertz CT molecular complexity index is 752. The molecule has 3 rings (SSSR count). The van der Waals surface area contributed by atoms with E-state index in [2.05, 4.69) is 25.9 Å². The number of nitrogens with one attached hydrogen (secondary N) is 1. The van der Waals surface area contributed by atoms with Gasteiger partial charge in [-0.15, -0.1) is 11.3 Å². The molecule has 3 N–H and O–H groups in total. The second kappa shape index (κ2) is 4.31. The second-order valence-electron chi connectivity index (χ2n) is 4.39. The van der Waals surface area contributed by atoms with Crippen LogP contribution in [0.4, 0.5) is 9.39 Å². The summed E-state index contributed by atoms with van der Waals surface area (Å²) in [5.41, 5.74) is 9.43. The molecule has 1 aromatic carbocycles. The summed E-state index contributed by atoms with van der Waals surface area (Å²) in [6.07, 6.45) is 0. The summed E-state index contributed by atoms with van der Waals surface area (Å²) >= 11 is 4.70. The number of hydrogen-bond acceptors (Lipinski definition) is 3. The summed E-state index contributed by atoms with van der Waals surface area (Å²) in [5, 5.41) is 0.730. The fourth-order valence-electron chi connectivity index (χ4n) is 2.07. The molecular formula is C13H11BrFN3S. The molecule has 0 spiro atoms. The van der Waals surface area contributed by atoms with Crippen molar-refractivity contribution in [2.45, 2.75) is 13.8 Å². The van der Waals surface area contributed by atoms with E-state index >= 15 is 0 Å². The Labute approximate surface area is 121 Å². The van der Waals surface area contributed by atoms with Gasteiger partial charge in [0.1, 0.15) is 11.6 Å². The van der Waals surface area contributed by atoms with Crippen LogP contribution in [0.15, 0.2) is 16.6 Å². The first-order valence-corrected chi connectivity index (χ1v) is 7.29. The zero-order chi connectivity index (χ0) is 13.7. The van der Waals surface area contributed by atoms with Crippen LogP contribution in [0.2, 0.25) is 0 Å². The SMILES string of the molecule is Cc1sc(N)c(-c2nc3cc(Br)c(F)cc3[nH]2)c1C. The third-order valence-corrected chi connectivity index (χ3v) is 4.82. The van der Waals surface area contributed by atoms with Crippen LogP contribution >= 0.6 is 27.3 Å². The summed E-state index contributed by atoms with van der Waals surface area (Å²) < 4.78 is 13.9. The minimum atomic E-state index is -0.311. The molecule has 2 heterocycles. The Morgan fingerprint density at radius 2 is 2.11 bits per heavy atom. The standard InChI is InChI=1S/C13H11BrFN3S/c1-5-6(2)19-12(16)11(5)13-17-9-3-7(14)8(15)4-10(9)18-13/h3-4H,16H2,1-2H3,(H,17,18). The molecule has 3 nitrogen and oxygen atoms in total. The molecular weight excluding hydrogens is 329 g/mol. The van der Waals surface area contributed by atoms with Crippen molar-refractivity contribution < 1.29 is 4.39 Å². The highest BCUT2D eigenvalue weighted by Crippen LogP contribution is 2.37. The van der Waals surface area contributed by atoms with Gasteiger partial charge in [-0.3, -0.25) is 0 Å². The van der Waals surface area contributed by atoms with Crippen molar-refractivity contribution in [3.63, 3.8) is 0 Å². The maximum absolute atomic E-state index is 13.5. The molecule has 0 aliphatic rings. The highest BCUT2D eigenvalue weighted by molar-refractivity contribution is 9.10. The van der Waals surface area contributed by atoms with E-state index in [0.29, 0.717) is 21.3 Å². The summed E-state index contributed by atoms with van der Waals surface area (Å²) in [6.45, 7) is 4.04. The molecule has 6 heteroatoms. The molecule has 0 amide bonds. The van der Waals surface area contributed by atoms with Crippen LogP contribution in [0.5, 0.6) is 0 Å². The largest absolute Gasteiger partial charge is 0.390 e. The Hall–Kier alpha value is -1.40. The van der Waals surface area contributed by atoms with Crippen molar-refractivity contribution in [3.05, 3.63) is 32.9 Å². The van der Waals surface area contributed by atoms with Gasteiger partial charge >= 0.3 is 0 Å². The number of rotatable bonds is 1. The second-order valence-corrected chi connectivity index (χ2v) is 6.50. The fraction of sp³-hybridized carbons (Fsp3) is 0.154. The maximum Gasteiger partial charge on any atom is 0.141 e. The van der Waals surface area contributed by atoms with E-state index < -0.39 is 0 Å². The van der Waals surface area contributed by atoms with Crippen molar-refractivity contribution in [2.75, 3.05) is 5.73 Å². The molecule has 0 aliphatic heterocycles. The van der Waals surface area contributed by atoms with Gasteiger partial charge in [-0.1, -0.05) is 0 Å². The van der Waals surface area contributed by atoms with Gasteiger partial charge in [0, 0.05) is 10.9 Å². The molecule has 0 unspecified atom stereocenters. The smallest absolute Gasteiger partial charge is 0.141 e. The van der Waals surface area contributed by atoms with Gasteiger partial charge in [0.05, 0.1) is 26.1 Å². The quantitative estimate of drug-likeness (QED) is 0.690. The maximum atomic E-state index is 13.5. The third-order valence-electron chi connectivity index (χ3n) is 3.17. The number of aromatic amines is 1. The molecule has 0 radical (unpaired) electrons. The average Bonchev–Trinajstić information content (AvgIpc) is 2.82. The Balaban J connectivity index is 2.26. The summed E-state index contributed by atoms with van der Waals surface area (Å²) in [5.74, 6) is 0.376. The third kappa shape index (κ3) is 1.95. The number of hydrogen-bond donors (Lipinski definition) is 2. The lowest BCUT2D eigenvalue weighted by Gasteiger charge is -1.97.